The second-order valence-electron chi connectivity index (χ2n) is 7.52. The number of tetrazole rings is 1. The molecule has 0 amide bonds. The topological polar surface area (TPSA) is 94.4 Å². The molecule has 8 nitrogen and oxygen atoms in total. The van der Waals surface area contributed by atoms with Gasteiger partial charge in [0.1, 0.15) is 0 Å². The Morgan fingerprint density at radius 2 is 1.97 bits per heavy atom. The molecule has 5 aromatic rings. The van der Waals surface area contributed by atoms with Crippen LogP contribution in [-0.2, 0) is 6.54 Å². The van der Waals surface area contributed by atoms with Crippen LogP contribution in [0, 0.1) is 6.92 Å². The monoisotopic (exact) mass is 500 g/mol. The number of aromatic nitrogens is 7. The zero-order chi connectivity index (χ0) is 22.6. The predicted octanol–water partition coefficient (Wildman–Crippen LogP) is 3.43. The fraction of sp³-hybridized carbons (Fsp3) is 0.208. The van der Waals surface area contributed by atoms with E-state index in [9.17, 15) is 0 Å². The Morgan fingerprint density at radius 1 is 1.06 bits per heavy atom. The molecule has 0 unspecified atom stereocenters. The van der Waals surface area contributed by atoms with E-state index in [1.807, 2.05) is 25.1 Å². The van der Waals surface area contributed by atoms with Gasteiger partial charge in [0.05, 0.1) is 0 Å². The Labute approximate surface area is 198 Å². The van der Waals surface area contributed by atoms with Crippen molar-refractivity contribution < 1.29 is 4.74 Å². The normalized spacial score (nSPS) is 11.6. The van der Waals surface area contributed by atoms with E-state index in [0.717, 1.165) is 33.1 Å². The zero-order valence-corrected chi connectivity index (χ0v) is 20.3. The fourth-order valence-corrected chi connectivity index (χ4v) is 5.76. The average Bonchev–Trinajstić information content (AvgIpc) is 3.48. The molecule has 9 heteroatoms. The van der Waals surface area contributed by atoms with Crippen LogP contribution in [0.2, 0.25) is 5.21 Å². The molecule has 1 radical (unpaired) electrons. The summed E-state index contributed by atoms with van der Waals surface area (Å²) in [6, 6.07) is 18.8. The first-order chi connectivity index (χ1) is 16.2. The molecular weight excluding hydrogens is 477 g/mol. The summed E-state index contributed by atoms with van der Waals surface area (Å²) in [7, 11) is 0. The summed E-state index contributed by atoms with van der Waals surface area (Å²) < 4.78 is 9.36. The van der Waals surface area contributed by atoms with E-state index < -0.39 is 0 Å². The van der Waals surface area contributed by atoms with E-state index >= 15 is 0 Å². The molecule has 3 aromatic heterocycles. The van der Waals surface area contributed by atoms with Crippen LogP contribution in [0.3, 0.4) is 0 Å². The molecule has 0 aliphatic heterocycles. The average molecular weight is 500 g/mol. The van der Waals surface area contributed by atoms with Gasteiger partial charge in [0, 0.05) is 0 Å². The van der Waals surface area contributed by atoms with Gasteiger partial charge in [-0.25, -0.2) is 0 Å². The van der Waals surface area contributed by atoms with Crippen LogP contribution in [-0.4, -0.2) is 57.5 Å². The van der Waals surface area contributed by atoms with Crippen LogP contribution in [0.4, 0.5) is 0 Å². The second-order valence-corrected chi connectivity index (χ2v) is 10.1. The summed E-state index contributed by atoms with van der Waals surface area (Å²) >= 11 is -0.0795. The van der Waals surface area contributed by atoms with Crippen molar-refractivity contribution in [3.8, 4) is 28.4 Å². The first-order valence-electron chi connectivity index (χ1n) is 10.8. The fourth-order valence-electron chi connectivity index (χ4n) is 3.92. The Hall–Kier alpha value is -3.51. The summed E-state index contributed by atoms with van der Waals surface area (Å²) in [4.78, 5) is 9.05. The third-order valence-corrected chi connectivity index (χ3v) is 7.51. The van der Waals surface area contributed by atoms with Crippen LogP contribution in [0.15, 0.2) is 60.9 Å². The van der Waals surface area contributed by atoms with Gasteiger partial charge in [-0.15, -0.1) is 0 Å². The van der Waals surface area contributed by atoms with Crippen LogP contribution >= 0.6 is 0 Å². The van der Waals surface area contributed by atoms with E-state index in [4.69, 9.17) is 4.74 Å². The summed E-state index contributed by atoms with van der Waals surface area (Å²) in [6.45, 7) is 5.66. The van der Waals surface area contributed by atoms with Gasteiger partial charge in [0.2, 0.25) is 0 Å². The Bertz CT molecular complexity index is 1380. The maximum absolute atomic E-state index is 5.84. The van der Waals surface area contributed by atoms with E-state index in [-0.39, 0.29) is 15.8 Å². The number of hydrogen-bond donors (Lipinski definition) is 1. The van der Waals surface area contributed by atoms with Gasteiger partial charge < -0.3 is 0 Å². The zero-order valence-electron chi connectivity index (χ0n) is 18.4. The number of ether oxygens (including phenoxy) is 1. The van der Waals surface area contributed by atoms with Crippen molar-refractivity contribution in [2.75, 3.05) is 6.61 Å². The Balaban J connectivity index is 1.34. The van der Waals surface area contributed by atoms with Gasteiger partial charge in [0.25, 0.3) is 0 Å². The van der Waals surface area contributed by atoms with Crippen LogP contribution in [0.1, 0.15) is 12.6 Å². The van der Waals surface area contributed by atoms with Gasteiger partial charge in [-0.2, -0.15) is 0 Å². The van der Waals surface area contributed by atoms with Crippen molar-refractivity contribution in [2.24, 2.45) is 0 Å². The van der Waals surface area contributed by atoms with E-state index in [1.54, 1.807) is 6.33 Å². The van der Waals surface area contributed by atoms with Crippen LogP contribution in [0.5, 0.6) is 5.75 Å². The number of fused-ring (bicyclic) bond motifs is 1. The third-order valence-electron chi connectivity index (χ3n) is 5.43. The minimum absolute atomic E-state index is 0.0795. The molecule has 0 aliphatic rings. The predicted molar refractivity (Wildman–Crippen MR) is 129 cm³/mol. The summed E-state index contributed by atoms with van der Waals surface area (Å²) in [5.74, 6) is 1.21. The van der Waals surface area contributed by atoms with E-state index in [0.29, 0.717) is 18.2 Å². The minimum atomic E-state index is -0.0795. The number of nitrogens with one attached hydrogen (secondary N) is 1. The van der Waals surface area contributed by atoms with Gasteiger partial charge in [-0.05, 0) is 0 Å². The number of aromatic amines is 1. The molecule has 0 saturated heterocycles. The molecule has 0 saturated carbocycles. The number of rotatable bonds is 8. The van der Waals surface area contributed by atoms with E-state index in [2.05, 4.69) is 78.5 Å². The van der Waals surface area contributed by atoms with Crippen LogP contribution < -0.4 is 9.22 Å². The Morgan fingerprint density at radius 3 is 2.82 bits per heavy atom. The third kappa shape index (κ3) is 4.52. The molecule has 2 aromatic carbocycles. The Kier molecular flexibility index (Phi) is 6.17. The number of para-hydroxylation sites is 1. The summed E-state index contributed by atoms with van der Waals surface area (Å²) in [5.41, 5.74) is 5.25. The SMILES string of the molecule is CCOc1cc(-c2cc([As]CCn3c(C)cc4ccccc43)ncn2)ccc1-c1nn[nH]n1. The van der Waals surface area contributed by atoms with E-state index in [1.165, 1.54) is 16.6 Å². The molecule has 33 heavy (non-hydrogen) atoms. The van der Waals surface area contributed by atoms with Gasteiger partial charge in [-0.1, -0.05) is 0 Å². The number of nitrogens with zero attached hydrogens (tertiary/aromatic N) is 6. The molecule has 3 heterocycles. The molecule has 0 aliphatic carbocycles. The number of aryl methyl sites for hydroxylation is 2. The van der Waals surface area contributed by atoms with Crippen LogP contribution in [0.25, 0.3) is 33.5 Å². The molecule has 0 spiro atoms. The van der Waals surface area contributed by atoms with Crippen molar-refractivity contribution in [1.82, 2.24) is 35.2 Å². The number of benzene rings is 2. The second kappa shape index (κ2) is 9.55. The van der Waals surface area contributed by atoms with Crippen molar-refractivity contribution in [3.63, 3.8) is 0 Å². The molecule has 0 atom stereocenters. The summed E-state index contributed by atoms with van der Waals surface area (Å²) in [6.07, 6.45) is 1.66. The molecule has 1 N–H and O–H groups in total. The summed E-state index contributed by atoms with van der Waals surface area (Å²) in [5, 5.41) is 16.7. The molecule has 0 fully saturated rings. The van der Waals surface area contributed by atoms with Gasteiger partial charge >= 0.3 is 198 Å². The van der Waals surface area contributed by atoms with Gasteiger partial charge in [0.15, 0.2) is 0 Å². The first kappa shape index (κ1) is 21.3. The van der Waals surface area contributed by atoms with Crippen molar-refractivity contribution in [1.29, 1.82) is 0 Å². The maximum atomic E-state index is 5.84. The standard InChI is InChI=1S/C24H23AsN7O/c1-3-33-22-13-17(8-9-19(22)24-28-30-31-29-24)20-14-23(27-15-26-20)25-10-11-32-16(2)12-18-6-4-5-7-21(18)32/h4-9,12-15H,3,10-11H2,1-2H3,(H,28,29,30,31). The van der Waals surface area contributed by atoms with Crippen molar-refractivity contribution in [3.05, 3.63) is 66.6 Å². The molecule has 165 valence electrons. The number of H-pyrrole nitrogens is 1. The molecule has 0 bridgehead atoms. The quantitative estimate of drug-likeness (QED) is 0.328. The van der Waals surface area contributed by atoms with Gasteiger partial charge in [-0.3, -0.25) is 0 Å². The number of hydrogen-bond acceptors (Lipinski definition) is 6. The van der Waals surface area contributed by atoms with Crippen molar-refractivity contribution in [2.45, 2.75) is 25.6 Å². The first-order valence-corrected chi connectivity index (χ1v) is 13.0. The van der Waals surface area contributed by atoms with Crippen molar-refractivity contribution >= 4 is 31.1 Å². The molecular formula is C24H23AsN7O. The molecule has 5 rings (SSSR count).